The Hall–Kier alpha value is -3.13. The minimum absolute atomic E-state index is 0.170. The summed E-state index contributed by atoms with van der Waals surface area (Å²) in [6.07, 6.45) is 0. The van der Waals surface area contributed by atoms with Crippen LogP contribution in [0.3, 0.4) is 0 Å². The minimum atomic E-state index is -0.451. The topological polar surface area (TPSA) is 71.0 Å². The van der Waals surface area contributed by atoms with Crippen LogP contribution in [-0.4, -0.2) is 18.8 Å². The molecule has 4 aromatic rings. The molecule has 0 unspecified atom stereocenters. The molecule has 0 amide bonds. The highest BCUT2D eigenvalue weighted by molar-refractivity contribution is 9.10. The van der Waals surface area contributed by atoms with Crippen LogP contribution in [0.5, 0.6) is 0 Å². The fourth-order valence-corrected chi connectivity index (χ4v) is 3.46. The monoisotopic (exact) mass is 440 g/mol. The summed E-state index contributed by atoms with van der Waals surface area (Å²) in [6, 6.07) is 19.0. The number of rotatable bonds is 5. The van der Waals surface area contributed by atoms with Crippen molar-refractivity contribution < 1.29 is 4.84 Å². The third kappa shape index (κ3) is 3.27. The average molecular weight is 441 g/mol. The van der Waals surface area contributed by atoms with Gasteiger partial charge in [0.05, 0.1) is 6.54 Å². The molecule has 4 rings (SSSR count). The summed E-state index contributed by atoms with van der Waals surface area (Å²) in [5, 5.41) is 0. The zero-order valence-corrected chi connectivity index (χ0v) is 16.7. The molecule has 2 heterocycles. The van der Waals surface area contributed by atoms with Gasteiger partial charge in [0.25, 0.3) is 5.56 Å². The van der Waals surface area contributed by atoms with E-state index in [-0.39, 0.29) is 24.3 Å². The van der Waals surface area contributed by atoms with Gasteiger partial charge in [-0.1, -0.05) is 60.7 Å². The van der Waals surface area contributed by atoms with Crippen molar-refractivity contribution >= 4 is 27.1 Å². The third-order valence-electron chi connectivity index (χ3n) is 4.45. The first-order valence-corrected chi connectivity index (χ1v) is 9.44. The molecule has 7 nitrogen and oxygen atoms in total. The van der Waals surface area contributed by atoms with Crippen molar-refractivity contribution in [3.05, 3.63) is 97.4 Å². The molecule has 0 atom stereocenters. The summed E-state index contributed by atoms with van der Waals surface area (Å²) in [5.74, 6) is 0. The predicted octanol–water partition coefficient (Wildman–Crippen LogP) is 2.34. The van der Waals surface area contributed by atoms with E-state index < -0.39 is 11.2 Å². The summed E-state index contributed by atoms with van der Waals surface area (Å²) >= 11 is 3.33. The van der Waals surface area contributed by atoms with Gasteiger partial charge >= 0.3 is 5.69 Å². The van der Waals surface area contributed by atoms with Gasteiger partial charge in [-0.3, -0.25) is 13.9 Å². The minimum Gasteiger partial charge on any atom is -0.406 e. The predicted molar refractivity (Wildman–Crippen MR) is 109 cm³/mol. The Kier molecular flexibility index (Phi) is 4.87. The number of halogens is 1. The number of nitrogens with zero attached hydrogens (tertiary/aromatic N) is 4. The van der Waals surface area contributed by atoms with E-state index in [1.807, 2.05) is 60.7 Å². The van der Waals surface area contributed by atoms with Crippen molar-refractivity contribution in [3.8, 4) is 0 Å². The zero-order valence-electron chi connectivity index (χ0n) is 15.1. The van der Waals surface area contributed by atoms with E-state index in [0.29, 0.717) is 4.73 Å². The van der Waals surface area contributed by atoms with Crippen molar-refractivity contribution in [2.24, 2.45) is 7.05 Å². The van der Waals surface area contributed by atoms with Crippen LogP contribution in [0.1, 0.15) is 11.1 Å². The zero-order chi connectivity index (χ0) is 19.7. The first kappa shape index (κ1) is 18.2. The Labute approximate surface area is 168 Å². The molecule has 0 bridgehead atoms. The molecule has 142 valence electrons. The number of aromatic nitrogens is 4. The summed E-state index contributed by atoms with van der Waals surface area (Å²) < 4.78 is 4.20. The van der Waals surface area contributed by atoms with Gasteiger partial charge in [-0.2, -0.15) is 0 Å². The second kappa shape index (κ2) is 7.47. The summed E-state index contributed by atoms with van der Waals surface area (Å²) in [7, 11) is 1.59. The van der Waals surface area contributed by atoms with Gasteiger partial charge in [0, 0.05) is 7.05 Å². The maximum absolute atomic E-state index is 13.1. The van der Waals surface area contributed by atoms with Crippen molar-refractivity contribution in [2.75, 3.05) is 0 Å². The van der Waals surface area contributed by atoms with Gasteiger partial charge in [0.1, 0.15) is 6.61 Å². The van der Waals surface area contributed by atoms with Gasteiger partial charge < -0.3 is 4.84 Å². The molecule has 0 aliphatic carbocycles. The van der Waals surface area contributed by atoms with Crippen LogP contribution in [0.2, 0.25) is 0 Å². The molecule has 0 spiro atoms. The van der Waals surface area contributed by atoms with Crippen LogP contribution in [0.25, 0.3) is 11.2 Å². The number of fused-ring (bicyclic) bond motifs is 1. The molecule has 0 N–H and O–H groups in total. The quantitative estimate of drug-likeness (QED) is 0.446. The Morgan fingerprint density at radius 1 is 0.964 bits per heavy atom. The molecular weight excluding hydrogens is 424 g/mol. The fraction of sp³-hybridized carbons (Fsp3) is 0.150. The molecule has 0 saturated heterocycles. The second-order valence-corrected chi connectivity index (χ2v) is 7.03. The maximum atomic E-state index is 13.1. The maximum Gasteiger partial charge on any atom is 0.332 e. The smallest absolute Gasteiger partial charge is 0.332 e. The molecule has 0 radical (unpaired) electrons. The molecule has 0 aliphatic heterocycles. The third-order valence-corrected chi connectivity index (χ3v) is 4.95. The van der Waals surface area contributed by atoms with Gasteiger partial charge in [-0.25, -0.2) is 9.78 Å². The Morgan fingerprint density at radius 3 is 2.21 bits per heavy atom. The van der Waals surface area contributed by atoms with Gasteiger partial charge in [0.2, 0.25) is 4.73 Å². The molecule has 8 heteroatoms. The number of benzene rings is 2. The Balaban J connectivity index is 1.82. The molecule has 0 fully saturated rings. The van der Waals surface area contributed by atoms with Crippen LogP contribution in [-0.2, 0) is 20.2 Å². The number of hydrogen-bond donors (Lipinski definition) is 0. The summed E-state index contributed by atoms with van der Waals surface area (Å²) in [4.78, 5) is 36.0. The average Bonchev–Trinajstić information content (AvgIpc) is 3.06. The van der Waals surface area contributed by atoms with Crippen LogP contribution in [0, 0.1) is 0 Å². The van der Waals surface area contributed by atoms with Crippen molar-refractivity contribution in [1.29, 1.82) is 0 Å². The standard InChI is InChI=1S/C20H17BrN4O3/c1-23-17-16(18(26)24(20(23)27)12-14-8-4-2-5-9-14)25(19(21)22-17)28-13-15-10-6-3-7-11-15/h2-11H,12-13H2,1H3. The van der Waals surface area contributed by atoms with Crippen molar-refractivity contribution in [1.82, 2.24) is 18.8 Å². The lowest BCUT2D eigenvalue weighted by molar-refractivity contribution is 0.100. The van der Waals surface area contributed by atoms with E-state index in [2.05, 4.69) is 20.9 Å². The van der Waals surface area contributed by atoms with Crippen LogP contribution in [0.15, 0.2) is 75.0 Å². The van der Waals surface area contributed by atoms with E-state index >= 15 is 0 Å². The molecule has 2 aromatic carbocycles. The largest absolute Gasteiger partial charge is 0.406 e. The lowest BCUT2D eigenvalue weighted by Crippen LogP contribution is -2.40. The Bertz CT molecular complexity index is 1240. The summed E-state index contributed by atoms with van der Waals surface area (Å²) in [6.45, 7) is 0.426. The highest BCUT2D eigenvalue weighted by Crippen LogP contribution is 2.15. The Morgan fingerprint density at radius 2 is 1.57 bits per heavy atom. The fourth-order valence-electron chi connectivity index (χ4n) is 3.01. The molecular formula is C20H17BrN4O3. The first-order valence-electron chi connectivity index (χ1n) is 8.65. The van der Waals surface area contributed by atoms with Gasteiger partial charge in [0.15, 0.2) is 11.2 Å². The molecule has 0 aliphatic rings. The van der Waals surface area contributed by atoms with Crippen molar-refractivity contribution in [2.45, 2.75) is 13.2 Å². The van der Waals surface area contributed by atoms with Crippen LogP contribution >= 0.6 is 15.9 Å². The van der Waals surface area contributed by atoms with Gasteiger partial charge in [-0.05, 0) is 27.1 Å². The normalized spacial score (nSPS) is 11.1. The van der Waals surface area contributed by atoms with Gasteiger partial charge in [-0.15, -0.1) is 4.73 Å². The van der Waals surface area contributed by atoms with Crippen LogP contribution < -0.4 is 16.1 Å². The number of hydrogen-bond acceptors (Lipinski definition) is 4. The number of imidazole rings is 1. The van der Waals surface area contributed by atoms with Crippen molar-refractivity contribution in [3.63, 3.8) is 0 Å². The second-order valence-electron chi connectivity index (χ2n) is 6.32. The lowest BCUT2D eigenvalue weighted by atomic mass is 10.2. The van der Waals surface area contributed by atoms with E-state index in [9.17, 15) is 9.59 Å². The van der Waals surface area contributed by atoms with E-state index in [4.69, 9.17) is 4.84 Å². The first-order chi connectivity index (χ1) is 13.6. The van der Waals surface area contributed by atoms with E-state index in [1.54, 1.807) is 7.05 Å². The molecule has 28 heavy (non-hydrogen) atoms. The molecule has 0 saturated carbocycles. The number of aryl methyl sites for hydroxylation is 1. The molecule has 2 aromatic heterocycles. The highest BCUT2D eigenvalue weighted by atomic mass is 79.9. The van der Waals surface area contributed by atoms with Crippen LogP contribution in [0.4, 0.5) is 0 Å². The van der Waals surface area contributed by atoms with E-state index in [1.165, 1.54) is 13.9 Å². The SMILES string of the molecule is Cn1c(=O)n(Cc2ccccc2)c(=O)c2c1nc(Br)n2OCc1ccccc1. The lowest BCUT2D eigenvalue weighted by Gasteiger charge is -2.11. The van der Waals surface area contributed by atoms with E-state index in [0.717, 1.165) is 11.1 Å². The summed E-state index contributed by atoms with van der Waals surface area (Å²) in [5.41, 5.74) is 1.40. The highest BCUT2D eigenvalue weighted by Gasteiger charge is 2.20.